The highest BCUT2D eigenvalue weighted by molar-refractivity contribution is 5.51. The fourth-order valence-corrected chi connectivity index (χ4v) is 1.34. The molecule has 0 spiro atoms. The minimum Gasteiger partial charge on any atom is -0.382 e. The predicted molar refractivity (Wildman–Crippen MR) is 54.8 cm³/mol. The first kappa shape index (κ1) is 10.1. The fraction of sp³-hybridized carbons (Fsp3) is 0.667. The summed E-state index contributed by atoms with van der Waals surface area (Å²) in [6.45, 7) is 5.72. The van der Waals surface area contributed by atoms with E-state index in [1.165, 1.54) is 5.69 Å². The Morgan fingerprint density at radius 1 is 1.46 bits per heavy atom. The lowest BCUT2D eigenvalue weighted by Crippen LogP contribution is -2.09. The predicted octanol–water partition coefficient (Wildman–Crippen LogP) is 0.798. The molecule has 0 aliphatic carbocycles. The van der Waals surface area contributed by atoms with Crippen LogP contribution in [0.3, 0.4) is 0 Å². The van der Waals surface area contributed by atoms with Gasteiger partial charge in [0.1, 0.15) is 0 Å². The van der Waals surface area contributed by atoms with Crippen LogP contribution in [0.1, 0.15) is 17.8 Å². The first-order valence-corrected chi connectivity index (χ1v) is 4.61. The van der Waals surface area contributed by atoms with E-state index in [-0.39, 0.29) is 0 Å². The highest BCUT2D eigenvalue weighted by atomic mass is 15.3. The maximum absolute atomic E-state index is 5.41. The molecule has 1 heterocycles. The Kier molecular flexibility index (Phi) is 3.31. The minimum absolute atomic E-state index is 0.728. The van der Waals surface area contributed by atoms with Gasteiger partial charge in [0.25, 0.3) is 0 Å². The summed E-state index contributed by atoms with van der Waals surface area (Å²) in [6.07, 6.45) is 0.994. The normalized spacial score (nSPS) is 10.5. The summed E-state index contributed by atoms with van der Waals surface area (Å²) in [5.41, 5.74) is 8.79. The second-order valence-corrected chi connectivity index (χ2v) is 3.24. The molecule has 0 aromatic carbocycles. The van der Waals surface area contributed by atoms with Crippen molar-refractivity contribution in [3.05, 3.63) is 11.4 Å². The smallest absolute Gasteiger partial charge is 0.0827 e. The molecule has 1 rings (SSSR count). The van der Waals surface area contributed by atoms with Crippen molar-refractivity contribution in [1.29, 1.82) is 0 Å². The summed E-state index contributed by atoms with van der Waals surface area (Å²) < 4.78 is 1.89. The highest BCUT2D eigenvalue weighted by Gasteiger charge is 2.07. The Labute approximate surface area is 79.1 Å². The fourth-order valence-electron chi connectivity index (χ4n) is 1.34. The number of hydrogen-bond acceptors (Lipinski definition) is 3. The van der Waals surface area contributed by atoms with Crippen LogP contribution in [-0.4, -0.2) is 22.9 Å². The maximum atomic E-state index is 5.41. The van der Waals surface area contributed by atoms with Crippen LogP contribution in [0.25, 0.3) is 0 Å². The van der Waals surface area contributed by atoms with E-state index in [4.69, 9.17) is 5.73 Å². The van der Waals surface area contributed by atoms with Crippen molar-refractivity contribution in [2.45, 2.75) is 20.3 Å². The number of hydrogen-bond donors (Lipinski definition) is 2. The van der Waals surface area contributed by atoms with E-state index in [0.29, 0.717) is 0 Å². The van der Waals surface area contributed by atoms with Crippen LogP contribution in [0.4, 0.5) is 5.69 Å². The van der Waals surface area contributed by atoms with Gasteiger partial charge in [-0.15, -0.1) is 0 Å². The molecule has 0 radical (unpaired) electrons. The van der Waals surface area contributed by atoms with Gasteiger partial charge in [-0.3, -0.25) is 4.68 Å². The van der Waals surface area contributed by atoms with E-state index in [1.54, 1.807) is 0 Å². The lowest BCUT2D eigenvalue weighted by Gasteiger charge is -2.04. The topological polar surface area (TPSA) is 55.9 Å². The summed E-state index contributed by atoms with van der Waals surface area (Å²) in [7, 11) is 1.95. The van der Waals surface area contributed by atoms with Crippen LogP contribution in [0, 0.1) is 13.8 Å². The Morgan fingerprint density at radius 2 is 2.15 bits per heavy atom. The van der Waals surface area contributed by atoms with Crippen LogP contribution in [0.2, 0.25) is 0 Å². The number of nitrogens with zero attached hydrogens (tertiary/aromatic N) is 2. The van der Waals surface area contributed by atoms with Gasteiger partial charge in [-0.25, -0.2) is 0 Å². The molecule has 0 unspecified atom stereocenters. The first-order chi connectivity index (χ1) is 6.16. The molecule has 0 saturated carbocycles. The molecule has 3 N–H and O–H groups in total. The SMILES string of the molecule is Cc1nn(C)c(C)c1NCCCN. The lowest BCUT2D eigenvalue weighted by atomic mass is 10.3. The third-order valence-electron chi connectivity index (χ3n) is 2.19. The van der Waals surface area contributed by atoms with Gasteiger partial charge in [0, 0.05) is 13.6 Å². The van der Waals surface area contributed by atoms with E-state index in [1.807, 2.05) is 18.7 Å². The van der Waals surface area contributed by atoms with Crippen LogP contribution in [0.5, 0.6) is 0 Å². The summed E-state index contributed by atoms with van der Waals surface area (Å²) in [4.78, 5) is 0. The Morgan fingerprint density at radius 3 is 2.62 bits per heavy atom. The molecule has 0 aliphatic rings. The third kappa shape index (κ3) is 2.21. The van der Waals surface area contributed by atoms with Crippen LogP contribution < -0.4 is 11.1 Å². The van der Waals surface area contributed by atoms with E-state index in [0.717, 1.165) is 30.9 Å². The molecule has 13 heavy (non-hydrogen) atoms. The molecule has 1 aromatic rings. The van der Waals surface area contributed by atoms with Crippen LogP contribution in [-0.2, 0) is 7.05 Å². The molecule has 0 aliphatic heterocycles. The van der Waals surface area contributed by atoms with Crippen molar-refractivity contribution in [2.24, 2.45) is 12.8 Å². The largest absolute Gasteiger partial charge is 0.382 e. The Hall–Kier alpha value is -1.03. The second-order valence-electron chi connectivity index (χ2n) is 3.24. The van der Waals surface area contributed by atoms with Gasteiger partial charge in [0.15, 0.2) is 0 Å². The highest BCUT2D eigenvalue weighted by Crippen LogP contribution is 2.17. The van der Waals surface area contributed by atoms with Crippen molar-refractivity contribution in [1.82, 2.24) is 9.78 Å². The van der Waals surface area contributed by atoms with Gasteiger partial charge in [-0.05, 0) is 26.8 Å². The second kappa shape index (κ2) is 4.28. The standard InChI is InChI=1S/C9H18N4/c1-7-9(11-6-4-5-10)8(2)13(3)12-7/h11H,4-6,10H2,1-3H3. The molecule has 4 heteroatoms. The summed E-state index contributed by atoms with van der Waals surface area (Å²) >= 11 is 0. The molecule has 0 bridgehead atoms. The summed E-state index contributed by atoms with van der Waals surface area (Å²) in [5.74, 6) is 0. The number of nitrogens with two attached hydrogens (primary N) is 1. The third-order valence-corrected chi connectivity index (χ3v) is 2.19. The summed E-state index contributed by atoms with van der Waals surface area (Å²) in [6, 6.07) is 0. The van der Waals surface area contributed by atoms with E-state index in [9.17, 15) is 0 Å². The Balaban J connectivity index is 2.64. The number of aromatic nitrogens is 2. The van der Waals surface area contributed by atoms with Crippen molar-refractivity contribution >= 4 is 5.69 Å². The van der Waals surface area contributed by atoms with Gasteiger partial charge in [-0.2, -0.15) is 5.10 Å². The number of rotatable bonds is 4. The molecule has 0 fully saturated rings. The van der Waals surface area contributed by atoms with Gasteiger partial charge >= 0.3 is 0 Å². The van der Waals surface area contributed by atoms with Crippen molar-refractivity contribution < 1.29 is 0 Å². The number of anilines is 1. The molecule has 0 amide bonds. The quantitative estimate of drug-likeness (QED) is 0.677. The zero-order valence-electron chi connectivity index (χ0n) is 8.59. The van der Waals surface area contributed by atoms with Crippen molar-refractivity contribution in [2.75, 3.05) is 18.4 Å². The zero-order valence-corrected chi connectivity index (χ0v) is 8.59. The van der Waals surface area contributed by atoms with Crippen LogP contribution >= 0.6 is 0 Å². The maximum Gasteiger partial charge on any atom is 0.0827 e. The van der Waals surface area contributed by atoms with Crippen molar-refractivity contribution in [3.63, 3.8) is 0 Å². The Bertz CT molecular complexity index is 277. The van der Waals surface area contributed by atoms with E-state index >= 15 is 0 Å². The molecule has 4 nitrogen and oxygen atoms in total. The van der Waals surface area contributed by atoms with E-state index < -0.39 is 0 Å². The van der Waals surface area contributed by atoms with Gasteiger partial charge in [-0.1, -0.05) is 0 Å². The minimum atomic E-state index is 0.728. The van der Waals surface area contributed by atoms with Gasteiger partial charge in [0.2, 0.25) is 0 Å². The molecule has 1 aromatic heterocycles. The van der Waals surface area contributed by atoms with Gasteiger partial charge in [0.05, 0.1) is 17.1 Å². The molecule has 74 valence electrons. The molecule has 0 saturated heterocycles. The number of aryl methyl sites for hydroxylation is 2. The monoisotopic (exact) mass is 182 g/mol. The zero-order chi connectivity index (χ0) is 9.84. The lowest BCUT2D eigenvalue weighted by molar-refractivity contribution is 0.731. The van der Waals surface area contributed by atoms with E-state index in [2.05, 4.69) is 17.3 Å². The number of nitrogens with one attached hydrogen (secondary N) is 1. The molecule has 0 atom stereocenters. The van der Waals surface area contributed by atoms with Crippen LogP contribution in [0.15, 0.2) is 0 Å². The average molecular weight is 182 g/mol. The first-order valence-electron chi connectivity index (χ1n) is 4.61. The van der Waals surface area contributed by atoms with Crippen molar-refractivity contribution in [3.8, 4) is 0 Å². The van der Waals surface area contributed by atoms with Gasteiger partial charge < -0.3 is 11.1 Å². The molecular weight excluding hydrogens is 164 g/mol. The summed E-state index contributed by atoms with van der Waals surface area (Å²) in [5, 5.41) is 7.65. The molecular formula is C9H18N4. The average Bonchev–Trinajstić information content (AvgIpc) is 2.32.